The summed E-state index contributed by atoms with van der Waals surface area (Å²) in [5.41, 5.74) is 1.80. The van der Waals surface area contributed by atoms with Gasteiger partial charge in [0.05, 0.1) is 6.04 Å². The maximum Gasteiger partial charge on any atom is 0.271 e. The minimum absolute atomic E-state index is 0.138. The smallest absolute Gasteiger partial charge is 0.271 e. The van der Waals surface area contributed by atoms with Crippen molar-refractivity contribution in [2.24, 2.45) is 0 Å². The molecule has 30 heavy (non-hydrogen) atoms. The van der Waals surface area contributed by atoms with E-state index in [9.17, 15) is 9.18 Å². The number of benzene rings is 2. The van der Waals surface area contributed by atoms with Gasteiger partial charge in [-0.1, -0.05) is 42.5 Å². The minimum atomic E-state index is -0.337. The highest BCUT2D eigenvalue weighted by atomic mass is 32.1. The van der Waals surface area contributed by atoms with Crippen LogP contribution in [0.2, 0.25) is 0 Å². The zero-order valence-corrected chi connectivity index (χ0v) is 17.7. The van der Waals surface area contributed by atoms with Crippen LogP contribution in [0.5, 0.6) is 0 Å². The Morgan fingerprint density at radius 3 is 2.53 bits per heavy atom. The SMILES string of the molecule is CN1CCN(CC(NC(=O)c2csc(-c3ccccc3F)n2)c2ccccc2)CC1. The summed E-state index contributed by atoms with van der Waals surface area (Å²) in [6.07, 6.45) is 0. The first-order valence-corrected chi connectivity index (χ1v) is 11.0. The normalized spacial score (nSPS) is 16.3. The molecule has 0 bridgehead atoms. The van der Waals surface area contributed by atoms with Crippen LogP contribution in [0.3, 0.4) is 0 Å². The maximum absolute atomic E-state index is 14.1. The molecular weight excluding hydrogens is 399 g/mol. The lowest BCUT2D eigenvalue weighted by Gasteiger charge is -2.35. The van der Waals surface area contributed by atoms with E-state index < -0.39 is 0 Å². The van der Waals surface area contributed by atoms with Gasteiger partial charge in [-0.25, -0.2) is 9.37 Å². The number of hydrogen-bond donors (Lipinski definition) is 1. The minimum Gasteiger partial charge on any atom is -0.343 e. The quantitative estimate of drug-likeness (QED) is 0.656. The molecule has 2 heterocycles. The van der Waals surface area contributed by atoms with Gasteiger partial charge in [-0.05, 0) is 24.7 Å². The Hall–Kier alpha value is -2.61. The van der Waals surface area contributed by atoms with E-state index in [4.69, 9.17) is 0 Å². The lowest BCUT2D eigenvalue weighted by molar-refractivity contribution is 0.0903. The van der Waals surface area contributed by atoms with Gasteiger partial charge < -0.3 is 10.2 Å². The summed E-state index contributed by atoms with van der Waals surface area (Å²) < 4.78 is 14.1. The van der Waals surface area contributed by atoms with Crippen LogP contribution in [0.15, 0.2) is 60.0 Å². The first kappa shape index (κ1) is 20.7. The van der Waals surface area contributed by atoms with Crippen molar-refractivity contribution in [1.82, 2.24) is 20.1 Å². The standard InChI is InChI=1S/C23H25FN4OS/c1-27-11-13-28(14-12-27)15-20(17-7-3-2-4-8-17)25-22(29)21-16-30-23(26-21)18-9-5-6-10-19(18)24/h2-10,16,20H,11-15H2,1H3,(H,25,29). The van der Waals surface area contributed by atoms with Crippen molar-refractivity contribution in [3.63, 3.8) is 0 Å². The van der Waals surface area contributed by atoms with Crippen LogP contribution in [0.25, 0.3) is 10.6 Å². The lowest BCUT2D eigenvalue weighted by Crippen LogP contribution is -2.47. The van der Waals surface area contributed by atoms with E-state index in [0.29, 0.717) is 16.3 Å². The number of piperazine rings is 1. The zero-order chi connectivity index (χ0) is 20.9. The van der Waals surface area contributed by atoms with Gasteiger partial charge >= 0.3 is 0 Å². The third-order valence-electron chi connectivity index (χ3n) is 5.39. The van der Waals surface area contributed by atoms with Gasteiger partial charge in [0.1, 0.15) is 16.5 Å². The Balaban J connectivity index is 1.50. The van der Waals surface area contributed by atoms with Crippen molar-refractivity contribution in [2.75, 3.05) is 39.8 Å². The second-order valence-corrected chi connectivity index (χ2v) is 8.42. The van der Waals surface area contributed by atoms with Crippen molar-refractivity contribution < 1.29 is 9.18 Å². The molecule has 156 valence electrons. The highest BCUT2D eigenvalue weighted by Gasteiger charge is 2.23. The number of nitrogens with one attached hydrogen (secondary N) is 1. The number of halogens is 1. The molecule has 0 saturated carbocycles. The molecule has 4 rings (SSSR count). The maximum atomic E-state index is 14.1. The van der Waals surface area contributed by atoms with E-state index in [1.54, 1.807) is 23.6 Å². The predicted octanol–water partition coefficient (Wildman–Crippen LogP) is 3.67. The van der Waals surface area contributed by atoms with Crippen molar-refractivity contribution in [3.05, 3.63) is 77.1 Å². The summed E-state index contributed by atoms with van der Waals surface area (Å²) in [6.45, 7) is 4.74. The van der Waals surface area contributed by atoms with Crippen molar-refractivity contribution in [1.29, 1.82) is 0 Å². The Morgan fingerprint density at radius 1 is 1.10 bits per heavy atom. The van der Waals surface area contributed by atoms with Crippen molar-refractivity contribution >= 4 is 17.2 Å². The monoisotopic (exact) mass is 424 g/mol. The van der Waals surface area contributed by atoms with Crippen LogP contribution >= 0.6 is 11.3 Å². The highest BCUT2D eigenvalue weighted by molar-refractivity contribution is 7.13. The Labute approximate surface area is 180 Å². The van der Waals surface area contributed by atoms with E-state index in [2.05, 4.69) is 27.1 Å². The molecule has 0 spiro atoms. The number of likely N-dealkylation sites (N-methyl/N-ethyl adjacent to an activating group) is 1. The van der Waals surface area contributed by atoms with Gasteiger partial charge in [-0.15, -0.1) is 11.3 Å². The van der Waals surface area contributed by atoms with Crippen molar-refractivity contribution in [2.45, 2.75) is 6.04 Å². The van der Waals surface area contributed by atoms with Crippen LogP contribution < -0.4 is 5.32 Å². The molecule has 1 saturated heterocycles. The number of aromatic nitrogens is 1. The molecule has 1 unspecified atom stereocenters. The van der Waals surface area contributed by atoms with Crippen LogP contribution in [0, 0.1) is 5.82 Å². The number of thiazole rings is 1. The van der Waals surface area contributed by atoms with Crippen LogP contribution in [0.4, 0.5) is 4.39 Å². The average Bonchev–Trinajstić information content (AvgIpc) is 3.26. The highest BCUT2D eigenvalue weighted by Crippen LogP contribution is 2.26. The topological polar surface area (TPSA) is 48.5 Å². The predicted molar refractivity (Wildman–Crippen MR) is 118 cm³/mol. The molecule has 7 heteroatoms. The third-order valence-corrected chi connectivity index (χ3v) is 6.26. The number of hydrogen-bond acceptors (Lipinski definition) is 5. The molecular formula is C23H25FN4OS. The molecule has 1 atom stereocenters. The number of nitrogens with zero attached hydrogens (tertiary/aromatic N) is 3. The Bertz CT molecular complexity index is 986. The number of amides is 1. The summed E-state index contributed by atoms with van der Waals surface area (Å²) in [5.74, 6) is -0.576. The molecule has 3 aromatic rings. The van der Waals surface area contributed by atoms with Gasteiger partial charge in [0, 0.05) is 43.7 Å². The summed E-state index contributed by atoms with van der Waals surface area (Å²) in [6, 6.07) is 16.4. The largest absolute Gasteiger partial charge is 0.343 e. The lowest BCUT2D eigenvalue weighted by atomic mass is 10.1. The van der Waals surface area contributed by atoms with Crippen LogP contribution in [-0.2, 0) is 0 Å². The van der Waals surface area contributed by atoms with E-state index >= 15 is 0 Å². The van der Waals surface area contributed by atoms with Gasteiger partial charge in [-0.2, -0.15) is 0 Å². The summed E-state index contributed by atoms with van der Waals surface area (Å²) in [7, 11) is 2.13. The summed E-state index contributed by atoms with van der Waals surface area (Å²) in [5, 5.41) is 5.34. The zero-order valence-electron chi connectivity index (χ0n) is 16.9. The van der Waals surface area contributed by atoms with E-state index in [-0.39, 0.29) is 17.8 Å². The first-order chi connectivity index (χ1) is 14.6. The fourth-order valence-electron chi connectivity index (χ4n) is 3.58. The second-order valence-electron chi connectivity index (χ2n) is 7.56. The van der Waals surface area contributed by atoms with E-state index in [0.717, 1.165) is 38.3 Å². The first-order valence-electron chi connectivity index (χ1n) is 10.1. The molecule has 1 amide bonds. The van der Waals surface area contributed by atoms with Gasteiger partial charge in [-0.3, -0.25) is 9.69 Å². The Morgan fingerprint density at radius 2 is 1.80 bits per heavy atom. The number of carbonyl (C=O) groups is 1. The summed E-state index contributed by atoms with van der Waals surface area (Å²) >= 11 is 1.28. The molecule has 1 aromatic heterocycles. The van der Waals surface area contributed by atoms with Crippen LogP contribution in [-0.4, -0.2) is 60.5 Å². The van der Waals surface area contributed by atoms with Gasteiger partial charge in [0.2, 0.25) is 0 Å². The summed E-state index contributed by atoms with van der Waals surface area (Å²) in [4.78, 5) is 22.0. The molecule has 1 N–H and O–H groups in total. The molecule has 1 aliphatic rings. The molecule has 1 fully saturated rings. The van der Waals surface area contributed by atoms with Gasteiger partial charge in [0.15, 0.2) is 0 Å². The average molecular weight is 425 g/mol. The number of carbonyl (C=O) groups excluding carboxylic acids is 1. The fourth-order valence-corrected chi connectivity index (χ4v) is 4.40. The van der Waals surface area contributed by atoms with Crippen molar-refractivity contribution in [3.8, 4) is 10.6 Å². The molecule has 0 radical (unpaired) electrons. The van der Waals surface area contributed by atoms with Crippen LogP contribution in [0.1, 0.15) is 22.1 Å². The third kappa shape index (κ3) is 4.92. The molecule has 0 aliphatic carbocycles. The fraction of sp³-hybridized carbons (Fsp3) is 0.304. The number of rotatable bonds is 6. The Kier molecular flexibility index (Phi) is 6.52. The molecule has 5 nitrogen and oxygen atoms in total. The molecule has 1 aliphatic heterocycles. The van der Waals surface area contributed by atoms with E-state index in [1.807, 2.05) is 30.3 Å². The van der Waals surface area contributed by atoms with Gasteiger partial charge in [0.25, 0.3) is 5.91 Å². The second kappa shape index (κ2) is 9.47. The molecule has 2 aromatic carbocycles. The van der Waals surface area contributed by atoms with E-state index in [1.165, 1.54) is 17.4 Å².